The van der Waals surface area contributed by atoms with Gasteiger partial charge in [-0.25, -0.2) is 0 Å². The van der Waals surface area contributed by atoms with Gasteiger partial charge in [0.15, 0.2) is 5.96 Å². The van der Waals surface area contributed by atoms with Gasteiger partial charge in [0.2, 0.25) is 0 Å². The number of rotatable bonds is 7. The van der Waals surface area contributed by atoms with Crippen LogP contribution in [-0.2, 0) is 9.47 Å². The summed E-state index contributed by atoms with van der Waals surface area (Å²) in [7, 11) is 0. The molecule has 1 N–H and O–H groups in total. The molecule has 6 heteroatoms. The number of aliphatic imine (C=N–C) groups is 1. The smallest absolute Gasteiger partial charge is 0.193 e. The molecule has 0 aromatic heterocycles. The second-order valence-electron chi connectivity index (χ2n) is 7.40. The van der Waals surface area contributed by atoms with Gasteiger partial charge in [-0.15, -0.1) is 0 Å². The van der Waals surface area contributed by atoms with Crippen molar-refractivity contribution in [3.8, 4) is 0 Å². The van der Waals surface area contributed by atoms with Crippen LogP contribution in [0.25, 0.3) is 0 Å². The van der Waals surface area contributed by atoms with E-state index in [1.807, 2.05) is 0 Å². The van der Waals surface area contributed by atoms with Gasteiger partial charge in [0.1, 0.15) is 0 Å². The molecule has 25 heavy (non-hydrogen) atoms. The van der Waals surface area contributed by atoms with Crippen LogP contribution in [-0.4, -0.2) is 87.0 Å². The molecule has 6 nitrogen and oxygen atoms in total. The third-order valence-corrected chi connectivity index (χ3v) is 5.58. The highest BCUT2D eigenvalue weighted by atomic mass is 16.5. The van der Waals surface area contributed by atoms with Crippen LogP contribution in [0.5, 0.6) is 0 Å². The first kappa shape index (κ1) is 18.9. The van der Waals surface area contributed by atoms with Gasteiger partial charge in [0.25, 0.3) is 0 Å². The summed E-state index contributed by atoms with van der Waals surface area (Å²) in [5, 5.41) is 3.47. The molecule has 2 saturated heterocycles. The SMILES string of the molecule is CCNC(=NCCCOC1CCCC1)N1CCC(N2CCOCC2)C1. The van der Waals surface area contributed by atoms with Gasteiger partial charge < -0.3 is 19.7 Å². The Balaban J connectivity index is 1.40. The Bertz CT molecular complexity index is 406. The molecule has 2 aliphatic heterocycles. The fourth-order valence-electron chi connectivity index (χ4n) is 4.16. The number of morpholine rings is 1. The lowest BCUT2D eigenvalue weighted by atomic mass is 10.2. The lowest BCUT2D eigenvalue weighted by Crippen LogP contribution is -2.46. The van der Waals surface area contributed by atoms with E-state index in [2.05, 4.69) is 22.0 Å². The van der Waals surface area contributed by atoms with E-state index in [0.29, 0.717) is 12.1 Å². The van der Waals surface area contributed by atoms with Gasteiger partial charge in [0, 0.05) is 51.9 Å². The van der Waals surface area contributed by atoms with Crippen molar-refractivity contribution in [1.29, 1.82) is 0 Å². The molecule has 1 aliphatic carbocycles. The molecule has 1 saturated carbocycles. The highest BCUT2D eigenvalue weighted by Gasteiger charge is 2.30. The lowest BCUT2D eigenvalue weighted by Gasteiger charge is -2.32. The minimum atomic E-state index is 0.519. The third kappa shape index (κ3) is 5.83. The zero-order valence-electron chi connectivity index (χ0n) is 15.9. The maximum atomic E-state index is 5.94. The molecular formula is C19H36N4O2. The van der Waals surface area contributed by atoms with Gasteiger partial charge in [0.05, 0.1) is 19.3 Å². The molecule has 1 atom stereocenters. The standard InChI is InChI=1S/C19H36N4O2/c1-2-20-19(21-9-5-13-25-18-6-3-4-7-18)23-10-8-17(16-23)22-11-14-24-15-12-22/h17-18H,2-16H2,1H3,(H,20,21). The molecule has 1 unspecified atom stereocenters. The number of likely N-dealkylation sites (tertiary alicyclic amines) is 1. The van der Waals surface area contributed by atoms with Gasteiger partial charge in [-0.2, -0.15) is 0 Å². The molecule has 0 radical (unpaired) electrons. The maximum absolute atomic E-state index is 5.94. The first-order valence-electron chi connectivity index (χ1n) is 10.3. The minimum Gasteiger partial charge on any atom is -0.379 e. The van der Waals surface area contributed by atoms with Crippen molar-refractivity contribution in [1.82, 2.24) is 15.1 Å². The number of hydrogen-bond donors (Lipinski definition) is 1. The number of ether oxygens (including phenoxy) is 2. The van der Waals surface area contributed by atoms with E-state index in [4.69, 9.17) is 14.5 Å². The monoisotopic (exact) mass is 352 g/mol. The molecule has 0 amide bonds. The Morgan fingerprint density at radius 1 is 1.16 bits per heavy atom. The van der Waals surface area contributed by atoms with Crippen molar-refractivity contribution < 1.29 is 9.47 Å². The van der Waals surface area contributed by atoms with E-state index >= 15 is 0 Å². The predicted molar refractivity (Wildman–Crippen MR) is 101 cm³/mol. The molecule has 3 rings (SSSR count). The summed E-state index contributed by atoms with van der Waals surface area (Å²) in [5.41, 5.74) is 0. The fraction of sp³-hybridized carbons (Fsp3) is 0.947. The number of nitrogens with zero attached hydrogens (tertiary/aromatic N) is 3. The van der Waals surface area contributed by atoms with Crippen LogP contribution in [0.1, 0.15) is 45.4 Å². The normalized spacial score (nSPS) is 26.5. The van der Waals surface area contributed by atoms with Gasteiger partial charge in [-0.3, -0.25) is 9.89 Å². The van der Waals surface area contributed by atoms with E-state index in [0.717, 1.165) is 71.5 Å². The van der Waals surface area contributed by atoms with Crippen LogP contribution >= 0.6 is 0 Å². The fourth-order valence-corrected chi connectivity index (χ4v) is 4.16. The van der Waals surface area contributed by atoms with Gasteiger partial charge in [-0.05, 0) is 32.6 Å². The Morgan fingerprint density at radius 2 is 1.96 bits per heavy atom. The number of nitrogens with one attached hydrogen (secondary N) is 1. The summed E-state index contributed by atoms with van der Waals surface area (Å²) in [6.45, 7) is 10.9. The largest absolute Gasteiger partial charge is 0.379 e. The molecule has 144 valence electrons. The van der Waals surface area contributed by atoms with Crippen molar-refractivity contribution in [3.63, 3.8) is 0 Å². The molecule has 2 heterocycles. The summed E-state index contributed by atoms with van der Waals surface area (Å²) < 4.78 is 11.4. The summed E-state index contributed by atoms with van der Waals surface area (Å²) in [4.78, 5) is 9.87. The molecule has 0 spiro atoms. The highest BCUT2D eigenvalue weighted by molar-refractivity contribution is 5.80. The predicted octanol–water partition coefficient (Wildman–Crippen LogP) is 1.71. The van der Waals surface area contributed by atoms with E-state index in [1.165, 1.54) is 32.1 Å². The van der Waals surface area contributed by atoms with E-state index < -0.39 is 0 Å². The Labute approximate surface area is 152 Å². The van der Waals surface area contributed by atoms with Crippen LogP contribution in [0.2, 0.25) is 0 Å². The third-order valence-electron chi connectivity index (χ3n) is 5.58. The average molecular weight is 353 g/mol. The molecule has 3 fully saturated rings. The molecule has 0 aromatic rings. The van der Waals surface area contributed by atoms with Gasteiger partial charge in [-0.1, -0.05) is 12.8 Å². The van der Waals surface area contributed by atoms with Crippen molar-refractivity contribution in [3.05, 3.63) is 0 Å². The Morgan fingerprint density at radius 3 is 2.72 bits per heavy atom. The highest BCUT2D eigenvalue weighted by Crippen LogP contribution is 2.21. The Hall–Kier alpha value is -0.850. The van der Waals surface area contributed by atoms with E-state index in [9.17, 15) is 0 Å². The van der Waals surface area contributed by atoms with E-state index in [-0.39, 0.29) is 0 Å². The summed E-state index contributed by atoms with van der Waals surface area (Å²) in [6, 6.07) is 0.651. The average Bonchev–Trinajstić information content (AvgIpc) is 3.33. The van der Waals surface area contributed by atoms with Crippen molar-refractivity contribution >= 4 is 5.96 Å². The van der Waals surface area contributed by atoms with Crippen LogP contribution in [0.3, 0.4) is 0 Å². The minimum absolute atomic E-state index is 0.519. The van der Waals surface area contributed by atoms with Crippen molar-refractivity contribution in [2.75, 3.05) is 59.1 Å². The van der Waals surface area contributed by atoms with Crippen molar-refractivity contribution in [2.45, 2.75) is 57.6 Å². The van der Waals surface area contributed by atoms with Crippen molar-refractivity contribution in [2.24, 2.45) is 4.99 Å². The number of hydrogen-bond acceptors (Lipinski definition) is 4. The molecule has 0 aromatic carbocycles. The lowest BCUT2D eigenvalue weighted by molar-refractivity contribution is 0.0195. The van der Waals surface area contributed by atoms with Crippen LogP contribution in [0.4, 0.5) is 0 Å². The molecule has 0 bridgehead atoms. The van der Waals surface area contributed by atoms with Gasteiger partial charge >= 0.3 is 0 Å². The molecule has 3 aliphatic rings. The zero-order valence-corrected chi connectivity index (χ0v) is 15.9. The zero-order chi connectivity index (χ0) is 17.3. The summed E-state index contributed by atoms with van der Waals surface area (Å²) in [6.07, 6.45) is 7.95. The van der Waals surface area contributed by atoms with Crippen LogP contribution < -0.4 is 5.32 Å². The topological polar surface area (TPSA) is 49.3 Å². The first-order valence-corrected chi connectivity index (χ1v) is 10.3. The second kappa shape index (κ2) is 10.3. The second-order valence-corrected chi connectivity index (χ2v) is 7.40. The van der Waals surface area contributed by atoms with E-state index in [1.54, 1.807) is 0 Å². The summed E-state index contributed by atoms with van der Waals surface area (Å²) >= 11 is 0. The number of guanidine groups is 1. The quantitative estimate of drug-likeness (QED) is 0.429. The van der Waals surface area contributed by atoms with Crippen LogP contribution in [0, 0.1) is 0 Å². The Kier molecular flexibility index (Phi) is 7.82. The maximum Gasteiger partial charge on any atom is 0.193 e. The molecular weight excluding hydrogens is 316 g/mol. The summed E-state index contributed by atoms with van der Waals surface area (Å²) in [5.74, 6) is 1.08. The first-order chi connectivity index (χ1) is 12.4. The van der Waals surface area contributed by atoms with Crippen LogP contribution in [0.15, 0.2) is 4.99 Å².